The maximum absolute atomic E-state index is 11.4. The van der Waals surface area contributed by atoms with Gasteiger partial charge in [0, 0.05) is 25.9 Å². The van der Waals surface area contributed by atoms with Gasteiger partial charge in [-0.05, 0) is 24.6 Å². The first-order chi connectivity index (χ1) is 11.0. The van der Waals surface area contributed by atoms with Crippen molar-refractivity contribution in [3.8, 4) is 0 Å². The molecule has 0 unspecified atom stereocenters. The van der Waals surface area contributed by atoms with E-state index >= 15 is 0 Å². The molecule has 0 aromatic carbocycles. The quantitative estimate of drug-likeness (QED) is 0.620. The molecular formula is C16H17ClN4O2. The standard InChI is InChI=1S/C16H17ClN4O2/c1-11-5-13(20(2)19-11)9-21(14-6-16(22)23-10-14)8-12-3-4-15(17)18-7-12/h3-7H,8-10H2,1-2H3. The zero-order valence-electron chi connectivity index (χ0n) is 13.0. The molecule has 1 aliphatic rings. The Bertz CT molecular complexity index is 752. The fourth-order valence-electron chi connectivity index (χ4n) is 2.53. The van der Waals surface area contributed by atoms with Crippen molar-refractivity contribution in [2.45, 2.75) is 20.0 Å². The highest BCUT2D eigenvalue weighted by molar-refractivity contribution is 6.29. The lowest BCUT2D eigenvalue weighted by Gasteiger charge is -2.25. The molecule has 7 heteroatoms. The number of carbonyl (C=O) groups excluding carboxylic acids is 1. The van der Waals surface area contributed by atoms with Crippen LogP contribution in [0.5, 0.6) is 0 Å². The minimum Gasteiger partial charge on any atom is -0.456 e. The van der Waals surface area contributed by atoms with Crippen molar-refractivity contribution in [1.82, 2.24) is 19.7 Å². The second-order valence-corrected chi connectivity index (χ2v) is 5.88. The molecule has 0 bridgehead atoms. The second kappa shape index (κ2) is 6.42. The molecule has 23 heavy (non-hydrogen) atoms. The summed E-state index contributed by atoms with van der Waals surface area (Å²) in [5, 5.41) is 4.83. The van der Waals surface area contributed by atoms with E-state index in [1.807, 2.05) is 30.8 Å². The first-order valence-electron chi connectivity index (χ1n) is 7.23. The van der Waals surface area contributed by atoms with Crippen molar-refractivity contribution >= 4 is 17.6 Å². The highest BCUT2D eigenvalue weighted by atomic mass is 35.5. The Morgan fingerprint density at radius 1 is 1.39 bits per heavy atom. The second-order valence-electron chi connectivity index (χ2n) is 5.49. The SMILES string of the molecule is Cc1cc(CN(Cc2ccc(Cl)nc2)C2=CC(=O)OC2)n(C)n1. The van der Waals surface area contributed by atoms with Crippen molar-refractivity contribution < 1.29 is 9.53 Å². The van der Waals surface area contributed by atoms with Gasteiger partial charge in [-0.3, -0.25) is 4.68 Å². The predicted molar refractivity (Wildman–Crippen MR) is 85.5 cm³/mol. The fourth-order valence-corrected chi connectivity index (χ4v) is 2.65. The molecule has 120 valence electrons. The molecule has 3 rings (SSSR count). The van der Waals surface area contributed by atoms with E-state index < -0.39 is 0 Å². The number of esters is 1. The lowest BCUT2D eigenvalue weighted by atomic mass is 10.2. The highest BCUT2D eigenvalue weighted by Gasteiger charge is 2.21. The number of hydrogen-bond acceptors (Lipinski definition) is 5. The smallest absolute Gasteiger partial charge is 0.333 e. The molecule has 0 fully saturated rings. The van der Waals surface area contributed by atoms with Gasteiger partial charge in [-0.25, -0.2) is 9.78 Å². The van der Waals surface area contributed by atoms with Crippen LogP contribution in [0.4, 0.5) is 0 Å². The average Bonchev–Trinajstić information content (AvgIpc) is 3.06. The molecule has 0 amide bonds. The number of hydrogen-bond donors (Lipinski definition) is 0. The zero-order valence-corrected chi connectivity index (χ0v) is 13.7. The van der Waals surface area contributed by atoms with Crippen LogP contribution in [-0.4, -0.2) is 32.2 Å². The monoisotopic (exact) mass is 332 g/mol. The number of cyclic esters (lactones) is 1. The summed E-state index contributed by atoms with van der Waals surface area (Å²) >= 11 is 5.84. The van der Waals surface area contributed by atoms with Gasteiger partial charge in [0.05, 0.1) is 23.6 Å². The molecule has 0 spiro atoms. The third kappa shape index (κ3) is 3.71. The van der Waals surface area contributed by atoms with Crippen molar-refractivity contribution in [2.75, 3.05) is 6.61 Å². The van der Waals surface area contributed by atoms with Gasteiger partial charge in [-0.1, -0.05) is 17.7 Å². The van der Waals surface area contributed by atoms with E-state index in [2.05, 4.69) is 15.0 Å². The number of rotatable bonds is 5. The number of nitrogens with zero attached hydrogens (tertiary/aromatic N) is 4. The van der Waals surface area contributed by atoms with E-state index in [1.54, 1.807) is 12.3 Å². The summed E-state index contributed by atoms with van der Waals surface area (Å²) in [4.78, 5) is 17.6. The van der Waals surface area contributed by atoms with E-state index in [1.165, 1.54) is 6.08 Å². The summed E-state index contributed by atoms with van der Waals surface area (Å²) < 4.78 is 6.89. The van der Waals surface area contributed by atoms with Crippen molar-refractivity contribution in [3.05, 3.63) is 58.3 Å². The predicted octanol–water partition coefficient (Wildman–Crippen LogP) is 2.22. The number of ether oxygens (including phenoxy) is 1. The van der Waals surface area contributed by atoms with Crippen LogP contribution in [0.15, 0.2) is 36.2 Å². The van der Waals surface area contributed by atoms with Gasteiger partial charge in [-0.15, -0.1) is 0 Å². The highest BCUT2D eigenvalue weighted by Crippen LogP contribution is 2.20. The van der Waals surface area contributed by atoms with E-state index in [0.29, 0.717) is 18.2 Å². The number of aryl methyl sites for hydroxylation is 2. The van der Waals surface area contributed by atoms with E-state index in [0.717, 1.165) is 22.6 Å². The van der Waals surface area contributed by atoms with Crippen molar-refractivity contribution in [3.63, 3.8) is 0 Å². The molecule has 0 atom stereocenters. The van der Waals surface area contributed by atoms with E-state index in [4.69, 9.17) is 16.3 Å². The summed E-state index contributed by atoms with van der Waals surface area (Å²) in [6, 6.07) is 5.72. The number of carbonyl (C=O) groups is 1. The van der Waals surface area contributed by atoms with Crippen LogP contribution in [0.3, 0.4) is 0 Å². The molecular weight excluding hydrogens is 316 g/mol. The summed E-state index contributed by atoms with van der Waals surface area (Å²) in [6.45, 7) is 3.48. The molecule has 0 aliphatic carbocycles. The molecule has 2 aromatic rings. The first kappa shape index (κ1) is 15.6. The third-order valence-corrected chi connectivity index (χ3v) is 3.89. The molecule has 0 N–H and O–H groups in total. The zero-order chi connectivity index (χ0) is 16.4. The lowest BCUT2D eigenvalue weighted by Crippen LogP contribution is -2.24. The Morgan fingerprint density at radius 2 is 2.22 bits per heavy atom. The molecule has 2 aromatic heterocycles. The van der Waals surface area contributed by atoms with Gasteiger partial charge in [0.15, 0.2) is 0 Å². The normalized spacial score (nSPS) is 13.9. The number of pyridine rings is 1. The van der Waals surface area contributed by atoms with Gasteiger partial charge < -0.3 is 9.64 Å². The molecule has 3 heterocycles. The van der Waals surface area contributed by atoms with Crippen LogP contribution in [0.25, 0.3) is 0 Å². The third-order valence-electron chi connectivity index (χ3n) is 3.67. The van der Waals surface area contributed by atoms with Crippen molar-refractivity contribution in [1.29, 1.82) is 0 Å². The molecule has 1 aliphatic heterocycles. The van der Waals surface area contributed by atoms with Gasteiger partial charge in [-0.2, -0.15) is 5.10 Å². The van der Waals surface area contributed by atoms with Gasteiger partial charge in [0.2, 0.25) is 0 Å². The minimum absolute atomic E-state index is 0.288. The van der Waals surface area contributed by atoms with Gasteiger partial charge in [0.25, 0.3) is 0 Å². The van der Waals surface area contributed by atoms with Gasteiger partial charge >= 0.3 is 5.97 Å². The molecule has 0 saturated carbocycles. The summed E-state index contributed by atoms with van der Waals surface area (Å²) in [6.07, 6.45) is 3.27. The summed E-state index contributed by atoms with van der Waals surface area (Å²) in [5.74, 6) is -0.305. The van der Waals surface area contributed by atoms with E-state index in [-0.39, 0.29) is 12.6 Å². The average molecular weight is 333 g/mol. The Labute approximate surface area is 139 Å². The van der Waals surface area contributed by atoms with Crippen LogP contribution in [0.2, 0.25) is 5.15 Å². The maximum Gasteiger partial charge on any atom is 0.333 e. The first-order valence-corrected chi connectivity index (χ1v) is 7.61. The number of aromatic nitrogens is 3. The summed E-state index contributed by atoms with van der Waals surface area (Å²) in [7, 11) is 1.91. The Kier molecular flexibility index (Phi) is 4.34. The lowest BCUT2D eigenvalue weighted by molar-refractivity contribution is -0.135. The molecule has 0 saturated heterocycles. The van der Waals surface area contributed by atoms with Crippen LogP contribution in [0.1, 0.15) is 17.0 Å². The van der Waals surface area contributed by atoms with Crippen LogP contribution < -0.4 is 0 Å². The maximum atomic E-state index is 11.4. The molecule has 0 radical (unpaired) electrons. The number of halogens is 1. The van der Waals surface area contributed by atoms with Crippen LogP contribution in [-0.2, 0) is 29.7 Å². The van der Waals surface area contributed by atoms with E-state index in [9.17, 15) is 4.79 Å². The Morgan fingerprint density at radius 3 is 2.78 bits per heavy atom. The Balaban J connectivity index is 1.84. The largest absolute Gasteiger partial charge is 0.456 e. The fraction of sp³-hybridized carbons (Fsp3) is 0.312. The van der Waals surface area contributed by atoms with Crippen LogP contribution in [0, 0.1) is 6.92 Å². The Hall–Kier alpha value is -2.34. The van der Waals surface area contributed by atoms with Crippen LogP contribution >= 0.6 is 11.6 Å². The minimum atomic E-state index is -0.305. The van der Waals surface area contributed by atoms with Gasteiger partial charge in [0.1, 0.15) is 11.8 Å². The van der Waals surface area contributed by atoms with Crippen molar-refractivity contribution in [2.24, 2.45) is 7.05 Å². The molecule has 6 nitrogen and oxygen atoms in total. The topological polar surface area (TPSA) is 60.3 Å². The summed E-state index contributed by atoms with van der Waals surface area (Å²) in [5.41, 5.74) is 3.88.